The van der Waals surface area contributed by atoms with Crippen molar-refractivity contribution in [3.63, 3.8) is 0 Å². The zero-order valence-electron chi connectivity index (χ0n) is 39.3. The van der Waals surface area contributed by atoms with Gasteiger partial charge in [0.15, 0.2) is 0 Å². The summed E-state index contributed by atoms with van der Waals surface area (Å²) in [5.41, 5.74) is 18.0. The fourth-order valence-electron chi connectivity index (χ4n) is 10.3. The fourth-order valence-corrected chi connectivity index (χ4v) is 10.3. The van der Waals surface area contributed by atoms with Crippen molar-refractivity contribution in [2.45, 2.75) is 73.1 Å². The molecule has 0 aromatic heterocycles. The molecule has 0 radical (unpaired) electrons. The third-order valence-electron chi connectivity index (χ3n) is 13.6. The minimum absolute atomic E-state index is 0.155. The summed E-state index contributed by atoms with van der Waals surface area (Å²) in [6.07, 6.45) is 0. The van der Waals surface area contributed by atoms with Gasteiger partial charge in [0.05, 0.1) is 11.4 Å². The maximum Gasteiger partial charge on any atom is 0.0543 e. The zero-order chi connectivity index (χ0) is 45.2. The van der Waals surface area contributed by atoms with Gasteiger partial charge in [0, 0.05) is 33.5 Å². The predicted molar refractivity (Wildman–Crippen MR) is 282 cm³/mol. The zero-order valence-corrected chi connectivity index (χ0v) is 39.3. The summed E-state index contributed by atoms with van der Waals surface area (Å²) in [6, 6.07) is 69.7. The van der Waals surface area contributed by atoms with Gasteiger partial charge in [-0.1, -0.05) is 187 Å². The molecule has 0 atom stereocenters. The highest BCUT2D eigenvalue weighted by molar-refractivity contribution is 6.29. The van der Waals surface area contributed by atoms with Crippen molar-refractivity contribution >= 4 is 66.4 Å². The highest BCUT2D eigenvalue weighted by atomic mass is 15.2. The maximum absolute atomic E-state index is 2.55. The maximum atomic E-state index is 2.55. The lowest BCUT2D eigenvalue weighted by Crippen LogP contribution is -2.18. The average Bonchev–Trinajstić information content (AvgIpc) is 3.30. The van der Waals surface area contributed by atoms with E-state index >= 15 is 0 Å². The molecule has 0 aliphatic rings. The monoisotopic (exact) mass is 842 g/mol. The molecule has 0 unspecified atom stereocenters. The third kappa shape index (κ3) is 7.22. The predicted octanol–water partition coefficient (Wildman–Crippen LogP) is 18.4. The van der Waals surface area contributed by atoms with Crippen LogP contribution in [0.25, 0.3) is 54.6 Å². The van der Waals surface area contributed by atoms with Crippen molar-refractivity contribution in [1.29, 1.82) is 0 Å². The Balaban J connectivity index is 1.34. The van der Waals surface area contributed by atoms with E-state index < -0.39 is 0 Å². The van der Waals surface area contributed by atoms with Crippen LogP contribution < -0.4 is 9.80 Å². The molecule has 10 rings (SSSR count). The molecule has 0 bridgehead atoms. The van der Waals surface area contributed by atoms with Crippen LogP contribution in [0.2, 0.25) is 0 Å². The lowest BCUT2D eigenvalue weighted by atomic mass is 9.77. The molecule has 0 aliphatic heterocycles. The Bertz CT molecular complexity index is 3350. The number of rotatable bonds is 8. The number of benzene rings is 10. The topological polar surface area (TPSA) is 6.48 Å². The summed E-state index contributed by atoms with van der Waals surface area (Å²) in [4.78, 5) is 5.07. The molecular formula is C63H58N2. The highest BCUT2D eigenvalue weighted by Crippen LogP contribution is 2.53. The van der Waals surface area contributed by atoms with E-state index in [1.54, 1.807) is 0 Å². The summed E-state index contributed by atoms with van der Waals surface area (Å²) >= 11 is 0. The smallest absolute Gasteiger partial charge is 0.0543 e. The number of aryl methyl sites for hydroxylation is 1. The number of nitrogens with zero attached hydrogens (tertiary/aromatic N) is 2. The SMILES string of the molecule is Cc1ccccc1N(c1cccc(-c2ccccc2)c1C)c1cc(C(C)(C)C)c2ccc3c(N(c4ccccc4)c4cccc(-c5ccccc5)c4C)cc(C(C)(C)C)c4ccc1c2c34. The summed E-state index contributed by atoms with van der Waals surface area (Å²) in [5.74, 6) is 0. The minimum atomic E-state index is -0.157. The molecule has 2 nitrogen and oxygen atoms in total. The first-order chi connectivity index (χ1) is 31.3. The van der Waals surface area contributed by atoms with E-state index in [0.717, 1.165) is 5.69 Å². The van der Waals surface area contributed by atoms with E-state index in [1.807, 2.05) is 0 Å². The standard InChI is InChI=1S/C63H58N2/c1-41-23-19-20-32-55(41)65(57-34-22-31-48(43(57)3)45-26-15-11-16-27-45)59-40-54(63(7,8)9)50-35-37-51-58(39-53(62(4,5)6)49-36-38-52(59)61(50)60(49)51)64(46-28-17-12-18-29-46)56-33-21-30-47(42(56)2)44-24-13-10-14-25-44/h10-40H,1-9H3. The molecular weight excluding hydrogens is 785 g/mol. The first kappa shape index (κ1) is 41.8. The normalized spacial score (nSPS) is 12.1. The Kier molecular flexibility index (Phi) is 10.4. The van der Waals surface area contributed by atoms with Crippen LogP contribution in [0.5, 0.6) is 0 Å². The Morgan fingerprint density at radius 3 is 1.17 bits per heavy atom. The van der Waals surface area contributed by atoms with Crippen molar-refractivity contribution in [2.75, 3.05) is 9.80 Å². The summed E-state index contributed by atoms with van der Waals surface area (Å²) in [5, 5.41) is 7.71. The molecule has 0 saturated heterocycles. The molecule has 0 spiro atoms. The van der Waals surface area contributed by atoms with Crippen LogP contribution in [0.4, 0.5) is 34.1 Å². The van der Waals surface area contributed by atoms with Crippen molar-refractivity contribution in [2.24, 2.45) is 0 Å². The van der Waals surface area contributed by atoms with Gasteiger partial charge in [0.1, 0.15) is 0 Å². The molecule has 0 aliphatic carbocycles. The van der Waals surface area contributed by atoms with Gasteiger partial charge in [-0.2, -0.15) is 0 Å². The van der Waals surface area contributed by atoms with Crippen LogP contribution in [0.15, 0.2) is 188 Å². The molecule has 65 heavy (non-hydrogen) atoms. The van der Waals surface area contributed by atoms with Gasteiger partial charge in [-0.3, -0.25) is 0 Å². The molecule has 0 saturated carbocycles. The molecule has 0 amide bonds. The molecule has 2 heteroatoms. The van der Waals surface area contributed by atoms with Crippen LogP contribution >= 0.6 is 0 Å². The van der Waals surface area contributed by atoms with Crippen molar-refractivity contribution in [3.05, 3.63) is 216 Å². The van der Waals surface area contributed by atoms with Crippen molar-refractivity contribution in [3.8, 4) is 22.3 Å². The first-order valence-electron chi connectivity index (χ1n) is 23.1. The van der Waals surface area contributed by atoms with E-state index in [4.69, 9.17) is 0 Å². The van der Waals surface area contributed by atoms with Gasteiger partial charge in [-0.25, -0.2) is 0 Å². The lowest BCUT2D eigenvalue weighted by molar-refractivity contribution is 0.595. The highest BCUT2D eigenvalue weighted by Gasteiger charge is 2.31. The molecule has 0 fully saturated rings. The molecule has 320 valence electrons. The van der Waals surface area contributed by atoms with Gasteiger partial charge >= 0.3 is 0 Å². The van der Waals surface area contributed by atoms with Gasteiger partial charge < -0.3 is 9.80 Å². The van der Waals surface area contributed by atoms with Crippen LogP contribution in [0.3, 0.4) is 0 Å². The quantitative estimate of drug-likeness (QED) is 0.141. The van der Waals surface area contributed by atoms with E-state index in [2.05, 4.69) is 260 Å². The number of hydrogen-bond acceptors (Lipinski definition) is 2. The van der Waals surface area contributed by atoms with E-state index in [-0.39, 0.29) is 10.8 Å². The Morgan fingerprint density at radius 2 is 0.708 bits per heavy atom. The second-order valence-electron chi connectivity index (χ2n) is 19.9. The van der Waals surface area contributed by atoms with E-state index in [0.29, 0.717) is 0 Å². The Hall–Kier alpha value is -7.16. The largest absolute Gasteiger partial charge is 0.310 e. The van der Waals surface area contributed by atoms with Crippen LogP contribution in [0, 0.1) is 20.8 Å². The molecule has 10 aromatic rings. The number of hydrogen-bond donors (Lipinski definition) is 0. The van der Waals surface area contributed by atoms with Crippen molar-refractivity contribution in [1.82, 2.24) is 0 Å². The van der Waals surface area contributed by atoms with Gasteiger partial charge in [-0.05, 0) is 146 Å². The lowest BCUT2D eigenvalue weighted by Gasteiger charge is -2.35. The minimum Gasteiger partial charge on any atom is -0.310 e. The second-order valence-corrected chi connectivity index (χ2v) is 19.9. The summed E-state index contributed by atoms with van der Waals surface area (Å²) < 4.78 is 0. The second kappa shape index (κ2) is 16.1. The third-order valence-corrected chi connectivity index (χ3v) is 13.6. The van der Waals surface area contributed by atoms with Crippen LogP contribution in [-0.2, 0) is 10.8 Å². The average molecular weight is 843 g/mol. The molecule has 0 heterocycles. The number of para-hydroxylation sites is 2. The van der Waals surface area contributed by atoms with Gasteiger partial charge in [0.25, 0.3) is 0 Å². The number of anilines is 6. The van der Waals surface area contributed by atoms with E-state index in [9.17, 15) is 0 Å². The summed E-state index contributed by atoms with van der Waals surface area (Å²) in [7, 11) is 0. The van der Waals surface area contributed by atoms with Crippen LogP contribution in [0.1, 0.15) is 69.4 Å². The summed E-state index contributed by atoms with van der Waals surface area (Å²) in [6.45, 7) is 21.0. The fraction of sp³-hybridized carbons (Fsp3) is 0.175. The molecule has 0 N–H and O–H groups in total. The van der Waals surface area contributed by atoms with E-state index in [1.165, 1.54) is 111 Å². The molecule has 10 aromatic carbocycles. The van der Waals surface area contributed by atoms with Crippen molar-refractivity contribution < 1.29 is 0 Å². The Morgan fingerprint density at radius 1 is 0.323 bits per heavy atom. The van der Waals surface area contributed by atoms with Gasteiger partial charge in [-0.15, -0.1) is 0 Å². The first-order valence-corrected chi connectivity index (χ1v) is 23.1. The van der Waals surface area contributed by atoms with Gasteiger partial charge in [0.2, 0.25) is 0 Å². The Labute approximate surface area is 385 Å². The van der Waals surface area contributed by atoms with Crippen LogP contribution in [-0.4, -0.2) is 0 Å².